The van der Waals surface area contributed by atoms with Crippen LogP contribution < -0.4 is 5.32 Å². The summed E-state index contributed by atoms with van der Waals surface area (Å²) in [6.45, 7) is 4.59. The lowest BCUT2D eigenvalue weighted by Crippen LogP contribution is -2.20. The summed E-state index contributed by atoms with van der Waals surface area (Å²) in [7, 11) is 0. The van der Waals surface area contributed by atoms with Gasteiger partial charge >= 0.3 is 5.97 Å². The van der Waals surface area contributed by atoms with E-state index in [1.165, 1.54) is 0 Å². The van der Waals surface area contributed by atoms with Crippen LogP contribution in [0, 0.1) is 0 Å². The first-order valence-electron chi connectivity index (χ1n) is 7.06. The first-order valence-corrected chi connectivity index (χ1v) is 7.94. The lowest BCUT2D eigenvalue weighted by Gasteiger charge is -2.15. The Morgan fingerprint density at radius 2 is 2.10 bits per heavy atom. The van der Waals surface area contributed by atoms with Crippen molar-refractivity contribution in [1.29, 1.82) is 0 Å². The van der Waals surface area contributed by atoms with Crippen molar-refractivity contribution in [2.45, 2.75) is 38.8 Å². The van der Waals surface area contributed by atoms with E-state index in [1.54, 1.807) is 18.3 Å². The van der Waals surface area contributed by atoms with E-state index < -0.39 is 11.9 Å². The van der Waals surface area contributed by atoms with Crippen LogP contribution in [-0.2, 0) is 11.3 Å². The van der Waals surface area contributed by atoms with E-state index in [9.17, 15) is 4.79 Å². The van der Waals surface area contributed by atoms with Gasteiger partial charge in [0, 0.05) is 18.1 Å². The summed E-state index contributed by atoms with van der Waals surface area (Å²) in [5.74, 6) is -1.26. The molecule has 0 spiro atoms. The van der Waals surface area contributed by atoms with Crippen LogP contribution in [0.2, 0.25) is 0 Å². The number of nitrogens with zero attached hydrogens (tertiary/aromatic N) is 1. The van der Waals surface area contributed by atoms with Gasteiger partial charge in [-0.15, -0.1) is 11.3 Å². The van der Waals surface area contributed by atoms with Gasteiger partial charge in [-0.25, -0.2) is 4.98 Å². The summed E-state index contributed by atoms with van der Waals surface area (Å²) in [5.41, 5.74) is 1.98. The van der Waals surface area contributed by atoms with Gasteiger partial charge in [-0.3, -0.25) is 4.79 Å². The molecule has 112 valence electrons. The molecule has 2 atom stereocenters. The predicted molar refractivity (Wildman–Crippen MR) is 84.5 cm³/mol. The summed E-state index contributed by atoms with van der Waals surface area (Å²) in [6, 6.07) is 8.01. The van der Waals surface area contributed by atoms with Crippen LogP contribution in [0.1, 0.15) is 48.4 Å². The summed E-state index contributed by atoms with van der Waals surface area (Å²) in [6.07, 6.45) is 2.81. The molecule has 21 heavy (non-hydrogen) atoms. The number of aromatic nitrogens is 1. The smallest absolute Gasteiger partial charge is 0.310 e. The number of carboxylic acids is 1. The van der Waals surface area contributed by atoms with Crippen molar-refractivity contribution in [2.75, 3.05) is 0 Å². The van der Waals surface area contributed by atoms with Crippen molar-refractivity contribution in [3.63, 3.8) is 0 Å². The van der Waals surface area contributed by atoms with E-state index in [0.29, 0.717) is 0 Å². The fourth-order valence-corrected chi connectivity index (χ4v) is 2.92. The van der Waals surface area contributed by atoms with Gasteiger partial charge in [0.25, 0.3) is 0 Å². The summed E-state index contributed by atoms with van der Waals surface area (Å²) >= 11 is 1.66. The second-order valence-electron chi connectivity index (χ2n) is 5.01. The van der Waals surface area contributed by atoms with Crippen LogP contribution in [0.15, 0.2) is 35.8 Å². The van der Waals surface area contributed by atoms with Gasteiger partial charge in [0.05, 0.1) is 12.0 Å². The van der Waals surface area contributed by atoms with Gasteiger partial charge in [-0.1, -0.05) is 31.2 Å². The monoisotopic (exact) mass is 304 g/mol. The predicted octanol–water partition coefficient (Wildman–Crippen LogP) is 3.57. The number of hydrogen-bond donors (Lipinski definition) is 2. The summed E-state index contributed by atoms with van der Waals surface area (Å²) in [5, 5.41) is 15.6. The molecule has 1 aromatic heterocycles. The highest BCUT2D eigenvalue weighted by Crippen LogP contribution is 2.20. The van der Waals surface area contributed by atoms with E-state index in [-0.39, 0.29) is 6.04 Å². The molecule has 0 fully saturated rings. The van der Waals surface area contributed by atoms with E-state index in [4.69, 9.17) is 5.11 Å². The average molecular weight is 304 g/mol. The Kier molecular flexibility index (Phi) is 5.47. The van der Waals surface area contributed by atoms with Crippen LogP contribution in [0.3, 0.4) is 0 Å². The Morgan fingerprint density at radius 3 is 2.62 bits per heavy atom. The molecular formula is C16H20N2O2S. The van der Waals surface area contributed by atoms with Crippen LogP contribution in [0.5, 0.6) is 0 Å². The maximum absolute atomic E-state index is 11.0. The Hall–Kier alpha value is -1.72. The Labute approximate surface area is 128 Å². The number of thiazole rings is 1. The Bertz CT molecular complexity index is 566. The fourth-order valence-electron chi connectivity index (χ4n) is 2.12. The molecule has 2 unspecified atom stereocenters. The molecule has 1 aromatic carbocycles. The minimum absolute atomic E-state index is 0.266. The number of carboxylic acid groups (broad SMARTS) is 1. The van der Waals surface area contributed by atoms with Crippen LogP contribution in [0.25, 0.3) is 0 Å². The molecule has 5 heteroatoms. The quantitative estimate of drug-likeness (QED) is 0.821. The summed E-state index contributed by atoms with van der Waals surface area (Å²) < 4.78 is 0. The number of benzene rings is 1. The molecule has 1 heterocycles. The fraction of sp³-hybridized carbons (Fsp3) is 0.375. The van der Waals surface area contributed by atoms with Gasteiger partial charge in [0.15, 0.2) is 0 Å². The number of carbonyl (C=O) groups is 1. The normalized spacial score (nSPS) is 13.8. The van der Waals surface area contributed by atoms with E-state index in [2.05, 4.69) is 17.2 Å². The maximum atomic E-state index is 11.0. The van der Waals surface area contributed by atoms with Gasteiger partial charge < -0.3 is 10.4 Å². The molecule has 2 rings (SSSR count). The first-order chi connectivity index (χ1) is 10.1. The van der Waals surface area contributed by atoms with Crippen molar-refractivity contribution in [3.05, 3.63) is 52.0 Å². The second kappa shape index (κ2) is 7.33. The third-order valence-electron chi connectivity index (χ3n) is 3.56. The van der Waals surface area contributed by atoms with E-state index in [0.717, 1.165) is 29.1 Å². The molecule has 0 aliphatic carbocycles. The summed E-state index contributed by atoms with van der Waals surface area (Å²) in [4.78, 5) is 15.3. The van der Waals surface area contributed by atoms with Crippen molar-refractivity contribution < 1.29 is 9.90 Å². The number of rotatable bonds is 7. The molecular weight excluding hydrogens is 284 g/mol. The SMILES string of the molecule is CCC(NCc1ccc(C(C)C(=O)O)cc1)c1nccs1. The van der Waals surface area contributed by atoms with E-state index in [1.807, 2.05) is 35.8 Å². The Morgan fingerprint density at radius 1 is 1.38 bits per heavy atom. The molecule has 4 nitrogen and oxygen atoms in total. The van der Waals surface area contributed by atoms with Crippen LogP contribution in [0.4, 0.5) is 0 Å². The zero-order chi connectivity index (χ0) is 15.2. The van der Waals surface area contributed by atoms with Crippen molar-refractivity contribution in [1.82, 2.24) is 10.3 Å². The first kappa shape index (κ1) is 15.7. The van der Waals surface area contributed by atoms with Crippen LogP contribution >= 0.6 is 11.3 Å². The molecule has 0 amide bonds. The number of nitrogens with one attached hydrogen (secondary N) is 1. The van der Waals surface area contributed by atoms with E-state index >= 15 is 0 Å². The molecule has 2 N–H and O–H groups in total. The van der Waals surface area contributed by atoms with Crippen molar-refractivity contribution in [2.24, 2.45) is 0 Å². The van der Waals surface area contributed by atoms with Gasteiger partial charge in [-0.05, 0) is 24.5 Å². The molecule has 0 aliphatic rings. The lowest BCUT2D eigenvalue weighted by molar-refractivity contribution is -0.138. The highest BCUT2D eigenvalue weighted by atomic mass is 32.1. The largest absolute Gasteiger partial charge is 0.481 e. The molecule has 0 radical (unpaired) electrons. The number of hydrogen-bond acceptors (Lipinski definition) is 4. The highest BCUT2D eigenvalue weighted by Gasteiger charge is 2.14. The third kappa shape index (κ3) is 4.12. The average Bonchev–Trinajstić information content (AvgIpc) is 3.02. The zero-order valence-electron chi connectivity index (χ0n) is 12.2. The zero-order valence-corrected chi connectivity index (χ0v) is 13.1. The topological polar surface area (TPSA) is 62.2 Å². The highest BCUT2D eigenvalue weighted by molar-refractivity contribution is 7.09. The van der Waals surface area contributed by atoms with Crippen molar-refractivity contribution >= 4 is 17.3 Å². The minimum atomic E-state index is -0.796. The third-order valence-corrected chi connectivity index (χ3v) is 4.45. The minimum Gasteiger partial charge on any atom is -0.481 e. The Balaban J connectivity index is 1.96. The lowest BCUT2D eigenvalue weighted by atomic mass is 10.00. The van der Waals surface area contributed by atoms with Crippen LogP contribution in [-0.4, -0.2) is 16.1 Å². The van der Waals surface area contributed by atoms with Gasteiger partial charge in [-0.2, -0.15) is 0 Å². The standard InChI is InChI=1S/C16H20N2O2S/c1-3-14(15-17-8-9-21-15)18-10-12-4-6-13(7-5-12)11(2)16(19)20/h4-9,11,14,18H,3,10H2,1-2H3,(H,19,20). The van der Waals surface area contributed by atoms with Gasteiger partial charge in [0.2, 0.25) is 0 Å². The number of aliphatic carboxylic acids is 1. The molecule has 0 bridgehead atoms. The molecule has 2 aromatic rings. The molecule has 0 aliphatic heterocycles. The molecule has 0 saturated carbocycles. The maximum Gasteiger partial charge on any atom is 0.310 e. The van der Waals surface area contributed by atoms with Crippen molar-refractivity contribution in [3.8, 4) is 0 Å². The molecule has 0 saturated heterocycles. The van der Waals surface area contributed by atoms with Gasteiger partial charge in [0.1, 0.15) is 5.01 Å². The second-order valence-corrected chi connectivity index (χ2v) is 5.94.